The van der Waals surface area contributed by atoms with E-state index in [1.807, 2.05) is 0 Å². The third-order valence-electron chi connectivity index (χ3n) is 2.46. The largest absolute Gasteiger partial charge is 0.316 e. The number of hydrogen-bond donors (Lipinski definition) is 1. The van der Waals surface area contributed by atoms with Gasteiger partial charge in [0.15, 0.2) is 0 Å². The zero-order valence-electron chi connectivity index (χ0n) is 10.5. The van der Waals surface area contributed by atoms with E-state index >= 15 is 0 Å². The molecule has 1 rings (SSSR count). The summed E-state index contributed by atoms with van der Waals surface area (Å²) in [4.78, 5) is -0.0107. The van der Waals surface area contributed by atoms with Crippen LogP contribution in [-0.2, 0) is 16.6 Å². The lowest BCUT2D eigenvalue weighted by Gasteiger charge is -2.18. The zero-order valence-corrected chi connectivity index (χ0v) is 12.9. The lowest BCUT2D eigenvalue weighted by atomic mass is 10.2. The van der Waals surface area contributed by atoms with E-state index in [0.29, 0.717) is 15.3 Å². The van der Waals surface area contributed by atoms with Gasteiger partial charge in [0, 0.05) is 18.1 Å². The van der Waals surface area contributed by atoms with Crippen molar-refractivity contribution in [1.29, 1.82) is 0 Å². The molecule has 0 fully saturated rings. The van der Waals surface area contributed by atoms with E-state index in [4.69, 9.17) is 0 Å². The average molecular weight is 357 g/mol. The van der Waals surface area contributed by atoms with Crippen molar-refractivity contribution in [2.45, 2.75) is 17.9 Å². The van der Waals surface area contributed by atoms with E-state index in [-0.39, 0.29) is 4.90 Å². The van der Waals surface area contributed by atoms with Crippen LogP contribution in [0.25, 0.3) is 0 Å². The van der Waals surface area contributed by atoms with Crippen LogP contribution in [0.2, 0.25) is 0 Å². The smallest absolute Gasteiger partial charge is 0.252 e. The SMILES string of the molecule is CNCc1ccc(Br)c(S(=O)(=O)N(C)CC(F)F)c1. The minimum Gasteiger partial charge on any atom is -0.316 e. The molecule has 0 amide bonds. The fourth-order valence-electron chi connectivity index (χ4n) is 1.52. The molecule has 8 heteroatoms. The van der Waals surface area contributed by atoms with E-state index in [1.165, 1.54) is 6.07 Å². The van der Waals surface area contributed by atoms with Crippen LogP contribution in [0, 0.1) is 0 Å². The summed E-state index contributed by atoms with van der Waals surface area (Å²) in [6.45, 7) is -0.334. The molecular formula is C11H15BrF2N2O2S. The Labute approximate surface area is 120 Å². The quantitative estimate of drug-likeness (QED) is 0.848. The number of rotatable bonds is 6. The van der Waals surface area contributed by atoms with Crippen molar-refractivity contribution in [1.82, 2.24) is 9.62 Å². The monoisotopic (exact) mass is 356 g/mol. The first-order valence-electron chi connectivity index (χ1n) is 5.46. The summed E-state index contributed by atoms with van der Waals surface area (Å²) >= 11 is 3.14. The van der Waals surface area contributed by atoms with Crippen molar-refractivity contribution in [3.8, 4) is 0 Å². The fourth-order valence-corrected chi connectivity index (χ4v) is 3.64. The minimum absolute atomic E-state index is 0.0107. The molecule has 4 nitrogen and oxygen atoms in total. The molecule has 0 atom stereocenters. The van der Waals surface area contributed by atoms with Crippen molar-refractivity contribution in [3.63, 3.8) is 0 Å². The summed E-state index contributed by atoms with van der Waals surface area (Å²) in [5, 5.41) is 2.90. The number of nitrogens with zero attached hydrogens (tertiary/aromatic N) is 1. The first-order chi connectivity index (χ1) is 8.78. The van der Waals surface area contributed by atoms with Gasteiger partial charge < -0.3 is 5.32 Å². The molecule has 0 aliphatic carbocycles. The molecule has 1 aromatic rings. The topological polar surface area (TPSA) is 49.4 Å². The molecule has 1 aromatic carbocycles. The Morgan fingerprint density at radius 1 is 1.42 bits per heavy atom. The van der Waals surface area contributed by atoms with Gasteiger partial charge in [-0.25, -0.2) is 17.2 Å². The van der Waals surface area contributed by atoms with Crippen LogP contribution < -0.4 is 5.32 Å². The van der Waals surface area contributed by atoms with Gasteiger partial charge in [0.1, 0.15) is 0 Å². The Morgan fingerprint density at radius 3 is 2.58 bits per heavy atom. The van der Waals surface area contributed by atoms with Gasteiger partial charge in [0.2, 0.25) is 10.0 Å². The van der Waals surface area contributed by atoms with E-state index in [1.54, 1.807) is 19.2 Å². The second-order valence-electron chi connectivity index (χ2n) is 3.97. The highest BCUT2D eigenvalue weighted by Gasteiger charge is 2.25. The van der Waals surface area contributed by atoms with Crippen LogP contribution in [0.15, 0.2) is 27.6 Å². The Hall–Kier alpha value is -0.570. The van der Waals surface area contributed by atoms with Crippen molar-refractivity contribution in [3.05, 3.63) is 28.2 Å². The van der Waals surface area contributed by atoms with Gasteiger partial charge in [0.05, 0.1) is 11.4 Å². The molecule has 19 heavy (non-hydrogen) atoms. The van der Waals surface area contributed by atoms with Crippen LogP contribution in [0.4, 0.5) is 8.78 Å². The Balaban J connectivity index is 3.16. The molecule has 1 N–H and O–H groups in total. The molecule has 0 aliphatic rings. The van der Waals surface area contributed by atoms with Gasteiger partial charge >= 0.3 is 0 Å². The highest BCUT2D eigenvalue weighted by Crippen LogP contribution is 2.26. The van der Waals surface area contributed by atoms with Crippen molar-refractivity contribution >= 4 is 26.0 Å². The van der Waals surface area contributed by atoms with Crippen molar-refractivity contribution in [2.75, 3.05) is 20.6 Å². The molecule has 0 aliphatic heterocycles. The number of hydrogen-bond acceptors (Lipinski definition) is 3. The standard InChI is InChI=1S/C11H15BrF2N2O2S/c1-15-6-8-3-4-9(12)10(5-8)19(17,18)16(2)7-11(13)14/h3-5,11,15H,6-7H2,1-2H3. The van der Waals surface area contributed by atoms with Crippen LogP contribution in [0.3, 0.4) is 0 Å². The highest BCUT2D eigenvalue weighted by atomic mass is 79.9. The van der Waals surface area contributed by atoms with E-state index in [9.17, 15) is 17.2 Å². The van der Waals surface area contributed by atoms with Gasteiger partial charge in [0.25, 0.3) is 6.43 Å². The van der Waals surface area contributed by atoms with Crippen LogP contribution in [-0.4, -0.2) is 39.8 Å². The van der Waals surface area contributed by atoms with Gasteiger partial charge in [-0.1, -0.05) is 6.07 Å². The average Bonchev–Trinajstić information content (AvgIpc) is 2.30. The number of sulfonamides is 1. The minimum atomic E-state index is -3.93. The summed E-state index contributed by atoms with van der Waals surface area (Å²) < 4.78 is 50.0. The maximum absolute atomic E-state index is 12.3. The molecule has 0 saturated carbocycles. The molecule has 0 spiro atoms. The number of nitrogens with one attached hydrogen (secondary N) is 1. The van der Waals surface area contributed by atoms with Crippen LogP contribution >= 0.6 is 15.9 Å². The number of alkyl halides is 2. The fraction of sp³-hybridized carbons (Fsp3) is 0.455. The Bertz CT molecular complexity index is 537. The number of benzene rings is 1. The van der Waals surface area contributed by atoms with Gasteiger partial charge in [-0.15, -0.1) is 0 Å². The van der Waals surface area contributed by atoms with E-state index in [2.05, 4.69) is 21.2 Å². The normalized spacial score (nSPS) is 12.4. The summed E-state index contributed by atoms with van der Waals surface area (Å²) in [6.07, 6.45) is -2.71. The summed E-state index contributed by atoms with van der Waals surface area (Å²) in [5.41, 5.74) is 0.759. The molecule has 0 heterocycles. The van der Waals surface area contributed by atoms with Crippen molar-refractivity contribution in [2.24, 2.45) is 0 Å². The lowest BCUT2D eigenvalue weighted by Crippen LogP contribution is -2.31. The third kappa shape index (κ3) is 4.20. The first-order valence-corrected chi connectivity index (χ1v) is 7.70. The van der Waals surface area contributed by atoms with E-state index in [0.717, 1.165) is 12.6 Å². The predicted octanol–water partition coefficient (Wildman–Crippen LogP) is 2.05. The van der Waals surface area contributed by atoms with Gasteiger partial charge in [-0.2, -0.15) is 4.31 Å². The molecule has 0 bridgehead atoms. The Kier molecular flexibility index (Phi) is 5.84. The molecule has 0 unspecified atom stereocenters. The molecule has 0 radical (unpaired) electrons. The molecule has 108 valence electrons. The molecule has 0 aromatic heterocycles. The van der Waals surface area contributed by atoms with Gasteiger partial charge in [-0.05, 0) is 40.7 Å². The third-order valence-corrected chi connectivity index (χ3v) is 5.28. The lowest BCUT2D eigenvalue weighted by molar-refractivity contribution is 0.126. The van der Waals surface area contributed by atoms with Crippen LogP contribution in [0.1, 0.15) is 5.56 Å². The Morgan fingerprint density at radius 2 is 2.05 bits per heavy atom. The van der Waals surface area contributed by atoms with Crippen LogP contribution in [0.5, 0.6) is 0 Å². The number of halogens is 3. The summed E-state index contributed by atoms with van der Waals surface area (Å²) in [7, 11) is -1.05. The molecule has 0 saturated heterocycles. The summed E-state index contributed by atoms with van der Waals surface area (Å²) in [5.74, 6) is 0. The van der Waals surface area contributed by atoms with Gasteiger partial charge in [-0.3, -0.25) is 0 Å². The first kappa shape index (κ1) is 16.5. The molecular weight excluding hydrogens is 342 g/mol. The van der Waals surface area contributed by atoms with E-state index < -0.39 is 23.0 Å². The maximum atomic E-state index is 12.3. The predicted molar refractivity (Wildman–Crippen MR) is 72.7 cm³/mol. The van der Waals surface area contributed by atoms with Crippen molar-refractivity contribution < 1.29 is 17.2 Å². The highest BCUT2D eigenvalue weighted by molar-refractivity contribution is 9.10. The zero-order chi connectivity index (χ0) is 14.6. The second kappa shape index (κ2) is 6.74. The summed E-state index contributed by atoms with van der Waals surface area (Å²) in [6, 6.07) is 4.82. The maximum Gasteiger partial charge on any atom is 0.252 e. The second-order valence-corrected chi connectivity index (χ2v) is 6.84.